The lowest BCUT2D eigenvalue weighted by molar-refractivity contribution is -0.171. The van der Waals surface area contributed by atoms with E-state index in [0.717, 1.165) is 5.57 Å². The minimum Gasteiger partial charge on any atom is -0.459 e. The van der Waals surface area contributed by atoms with Gasteiger partial charge in [0.05, 0.1) is 12.0 Å². The van der Waals surface area contributed by atoms with Crippen molar-refractivity contribution in [2.75, 3.05) is 8.86 Å². The highest BCUT2D eigenvalue weighted by Crippen LogP contribution is 2.55. The van der Waals surface area contributed by atoms with Gasteiger partial charge in [0.25, 0.3) is 0 Å². The lowest BCUT2D eigenvalue weighted by Gasteiger charge is -2.37. The largest absolute Gasteiger partial charge is 0.459 e. The Morgan fingerprint density at radius 3 is 2.64 bits per heavy atom. The zero-order chi connectivity index (χ0) is 21.0. The molecule has 28 heavy (non-hydrogen) atoms. The van der Waals surface area contributed by atoms with Gasteiger partial charge in [-0.15, -0.1) is 0 Å². The van der Waals surface area contributed by atoms with E-state index in [1.165, 1.54) is 6.92 Å². The fraction of sp³-hybridized carbons (Fsp3) is 0.684. The molecule has 3 N–H and O–H groups in total. The summed E-state index contributed by atoms with van der Waals surface area (Å²) in [4.78, 5) is 24.8. The maximum atomic E-state index is 12.5. The third kappa shape index (κ3) is 3.44. The molecule has 0 spiro atoms. The van der Waals surface area contributed by atoms with Crippen LogP contribution in [0, 0.1) is 17.8 Å². The van der Waals surface area contributed by atoms with Crippen LogP contribution in [-0.4, -0.2) is 65.6 Å². The van der Waals surface area contributed by atoms with Gasteiger partial charge >= 0.3 is 11.9 Å². The summed E-state index contributed by atoms with van der Waals surface area (Å²) in [6, 6.07) is 0. The molecule has 3 rings (SSSR count). The Hall–Kier alpha value is -0.240. The van der Waals surface area contributed by atoms with Gasteiger partial charge in [0.1, 0.15) is 17.8 Å². The van der Waals surface area contributed by atoms with Crippen molar-refractivity contribution in [2.24, 2.45) is 17.8 Å². The molecule has 0 bridgehead atoms. The minimum atomic E-state index is -1.66. The van der Waals surface area contributed by atoms with Crippen LogP contribution in [-0.2, 0) is 19.1 Å². The molecule has 0 radical (unpaired) electrons. The van der Waals surface area contributed by atoms with E-state index in [1.807, 2.05) is 45.2 Å². The van der Waals surface area contributed by atoms with Crippen LogP contribution in [0.25, 0.3) is 0 Å². The van der Waals surface area contributed by atoms with Crippen LogP contribution in [0.15, 0.2) is 24.3 Å². The molecule has 0 aromatic rings. The molecule has 0 aromatic heterocycles. The van der Waals surface area contributed by atoms with Gasteiger partial charge in [-0.3, -0.25) is 0 Å². The number of carbonyl (C=O) groups is 2. The third-order valence-electron chi connectivity index (χ3n) is 6.24. The molecule has 156 valence electrons. The zero-order valence-corrected chi connectivity index (χ0v) is 19.8. The van der Waals surface area contributed by atoms with E-state index in [0.29, 0.717) is 6.42 Å². The van der Waals surface area contributed by atoms with Crippen LogP contribution in [0.3, 0.4) is 0 Å². The molecule has 9 heteroatoms. The molecule has 2 saturated carbocycles. The summed E-state index contributed by atoms with van der Waals surface area (Å²) in [6.45, 7) is 9.31. The van der Waals surface area contributed by atoms with Crippen molar-refractivity contribution in [1.82, 2.24) is 0 Å². The predicted molar refractivity (Wildman–Crippen MR) is 117 cm³/mol. The Morgan fingerprint density at radius 1 is 1.43 bits per heavy atom. The molecule has 0 aromatic carbocycles. The van der Waals surface area contributed by atoms with Crippen molar-refractivity contribution in [3.8, 4) is 0 Å². The number of fused-ring (bicyclic) bond motifs is 3. The van der Waals surface area contributed by atoms with Gasteiger partial charge < -0.3 is 24.8 Å². The second kappa shape index (κ2) is 7.78. The number of esters is 2. The molecule has 1 saturated heterocycles. The van der Waals surface area contributed by atoms with Crippen molar-refractivity contribution < 1.29 is 34.4 Å². The van der Waals surface area contributed by atoms with Gasteiger partial charge in [0.2, 0.25) is 0 Å². The number of carbonyl (C=O) groups excluding carboxylic acids is 2. The third-order valence-corrected chi connectivity index (χ3v) is 8.95. The van der Waals surface area contributed by atoms with Gasteiger partial charge in [-0.2, -0.15) is 0 Å². The molecule has 3 aliphatic rings. The van der Waals surface area contributed by atoms with E-state index in [4.69, 9.17) is 9.47 Å². The lowest BCUT2D eigenvalue weighted by atomic mass is 9.76. The summed E-state index contributed by atoms with van der Waals surface area (Å²) >= 11 is 3.91. The first-order valence-corrected chi connectivity index (χ1v) is 12.1. The van der Waals surface area contributed by atoms with E-state index in [-0.39, 0.29) is 26.8 Å². The molecule has 8 atom stereocenters. The molecule has 2 aliphatic carbocycles. The number of rotatable bonds is 4. The second-order valence-corrected chi connectivity index (χ2v) is 9.67. The van der Waals surface area contributed by atoms with Gasteiger partial charge in [-0.05, 0) is 19.3 Å². The highest BCUT2D eigenvalue weighted by Gasteiger charge is 2.64. The first-order chi connectivity index (χ1) is 13.0. The summed E-state index contributed by atoms with van der Waals surface area (Å²) in [5.74, 6) is -2.92. The topological polar surface area (TPSA) is 113 Å². The Balaban J connectivity index is 2.01. The maximum absolute atomic E-state index is 12.5. The van der Waals surface area contributed by atoms with E-state index < -0.39 is 53.3 Å². The highest BCUT2D eigenvalue weighted by molar-refractivity contribution is 14.1. The van der Waals surface area contributed by atoms with Crippen LogP contribution in [0.1, 0.15) is 19.8 Å². The summed E-state index contributed by atoms with van der Waals surface area (Å²) in [5.41, 5.74) is -2.23. The Kier molecular flexibility index (Phi) is 6.24. The predicted octanol–water partition coefficient (Wildman–Crippen LogP) is 1.30. The van der Waals surface area contributed by atoms with Crippen LogP contribution in [0.2, 0.25) is 0 Å². The number of ether oxygens (including phenoxy) is 2. The fourth-order valence-electron chi connectivity index (χ4n) is 4.58. The fourth-order valence-corrected chi connectivity index (χ4v) is 5.91. The van der Waals surface area contributed by atoms with Crippen molar-refractivity contribution in [3.05, 3.63) is 24.3 Å². The van der Waals surface area contributed by atoms with Gasteiger partial charge in [-0.25, -0.2) is 9.59 Å². The summed E-state index contributed by atoms with van der Waals surface area (Å²) in [6.07, 6.45) is -2.01. The molecule has 1 aliphatic heterocycles. The Labute approximate surface area is 190 Å². The number of halogens is 2. The van der Waals surface area contributed by atoms with E-state index >= 15 is 0 Å². The maximum Gasteiger partial charge on any atom is 0.338 e. The monoisotopic (exact) mass is 618 g/mol. The zero-order valence-electron chi connectivity index (χ0n) is 15.4. The standard InChI is InChI=1S/C19H24I2O7/c1-8-4-11(27-17(24)18(3,25)6-20)13-9(2)16(23)28-15(13)14-10(8)5-12(22)19(14,26)7-21/h10-15,22,25-26H,1-2,4-7H2,3H3/t10-,11-,12-,13+,14-,15-,18+,19+/m0/s1. The van der Waals surface area contributed by atoms with E-state index in [9.17, 15) is 24.9 Å². The van der Waals surface area contributed by atoms with Crippen molar-refractivity contribution in [2.45, 2.75) is 49.3 Å². The molecule has 7 nitrogen and oxygen atoms in total. The van der Waals surface area contributed by atoms with Gasteiger partial charge in [-0.1, -0.05) is 63.9 Å². The molecular formula is C19H24I2O7. The first kappa shape index (κ1) is 22.4. The van der Waals surface area contributed by atoms with Crippen molar-refractivity contribution in [3.63, 3.8) is 0 Å². The summed E-state index contributed by atoms with van der Waals surface area (Å²) < 4.78 is 11.6. The van der Waals surface area contributed by atoms with Crippen molar-refractivity contribution in [1.29, 1.82) is 0 Å². The quantitative estimate of drug-likeness (QED) is 0.143. The number of aliphatic hydroxyl groups is 3. The van der Waals surface area contributed by atoms with E-state index in [2.05, 4.69) is 13.2 Å². The highest BCUT2D eigenvalue weighted by atomic mass is 127. The number of hydrogen-bond acceptors (Lipinski definition) is 7. The van der Waals surface area contributed by atoms with Crippen LogP contribution in [0.5, 0.6) is 0 Å². The smallest absolute Gasteiger partial charge is 0.338 e. The van der Waals surface area contributed by atoms with Gasteiger partial charge in [0, 0.05) is 26.8 Å². The van der Waals surface area contributed by atoms with Crippen LogP contribution in [0.4, 0.5) is 0 Å². The molecule has 3 fully saturated rings. The van der Waals surface area contributed by atoms with Crippen molar-refractivity contribution >= 4 is 57.1 Å². The minimum absolute atomic E-state index is 0.147. The first-order valence-electron chi connectivity index (χ1n) is 9.01. The molecule has 1 heterocycles. The number of hydrogen-bond donors (Lipinski definition) is 3. The average molecular weight is 618 g/mol. The molecular weight excluding hydrogens is 594 g/mol. The van der Waals surface area contributed by atoms with Crippen LogP contribution < -0.4 is 0 Å². The SMILES string of the molecule is C=C1C(=O)O[C@H]2[C@H]1[C@@H](OC(=O)[C@](C)(O)CI)CC(=C)[C@@H]1C[C@H](O)[C@](O)(CI)[C@H]21. The number of aliphatic hydroxyl groups excluding tert-OH is 1. The summed E-state index contributed by atoms with van der Waals surface area (Å²) in [7, 11) is 0. The van der Waals surface area contributed by atoms with E-state index in [1.54, 1.807) is 0 Å². The molecule has 0 amide bonds. The Bertz CT molecular complexity index is 721. The summed E-state index contributed by atoms with van der Waals surface area (Å²) in [5, 5.41) is 31.9. The normalized spacial score (nSPS) is 42.3. The second-order valence-electron chi connectivity index (χ2n) is 8.14. The van der Waals surface area contributed by atoms with Gasteiger partial charge in [0.15, 0.2) is 5.60 Å². The lowest BCUT2D eigenvalue weighted by Crippen LogP contribution is -2.52. The number of alkyl halides is 2. The molecule has 0 unspecified atom stereocenters. The Morgan fingerprint density at radius 2 is 2.07 bits per heavy atom. The average Bonchev–Trinajstić information content (AvgIpc) is 3.04. The van der Waals surface area contributed by atoms with Crippen LogP contribution >= 0.6 is 45.2 Å².